The van der Waals surface area contributed by atoms with Gasteiger partial charge in [-0.3, -0.25) is 4.79 Å². The van der Waals surface area contributed by atoms with Crippen molar-refractivity contribution in [1.29, 1.82) is 0 Å². The maximum Gasteiger partial charge on any atom is 0.228 e. The SMILES string of the molecule is Cc1nc(CC(=O)N2CCO[C@H](c3ccc(Cl)cc3)C2)cs1. The summed E-state index contributed by atoms with van der Waals surface area (Å²) in [5.41, 5.74) is 1.90. The molecule has 6 heteroatoms. The Balaban J connectivity index is 1.64. The highest BCUT2D eigenvalue weighted by molar-refractivity contribution is 7.09. The van der Waals surface area contributed by atoms with E-state index in [0.717, 1.165) is 16.3 Å². The minimum atomic E-state index is -0.0906. The van der Waals surface area contributed by atoms with Gasteiger partial charge in [0.15, 0.2) is 0 Å². The third kappa shape index (κ3) is 3.66. The Hall–Kier alpha value is -1.43. The van der Waals surface area contributed by atoms with Gasteiger partial charge in [-0.1, -0.05) is 23.7 Å². The second kappa shape index (κ2) is 6.77. The van der Waals surface area contributed by atoms with Crippen LogP contribution in [0.15, 0.2) is 29.6 Å². The zero-order valence-electron chi connectivity index (χ0n) is 12.3. The predicted octanol–water partition coefficient (Wildman–Crippen LogP) is 3.25. The van der Waals surface area contributed by atoms with Gasteiger partial charge in [-0.05, 0) is 24.6 Å². The van der Waals surface area contributed by atoms with Crippen LogP contribution >= 0.6 is 22.9 Å². The first-order valence-corrected chi connectivity index (χ1v) is 8.43. The Labute approximate surface area is 138 Å². The molecule has 2 aromatic rings. The Morgan fingerprint density at radius 2 is 2.23 bits per heavy atom. The molecule has 2 heterocycles. The van der Waals surface area contributed by atoms with Crippen molar-refractivity contribution in [2.45, 2.75) is 19.4 Å². The minimum Gasteiger partial charge on any atom is -0.370 e. The van der Waals surface area contributed by atoms with Gasteiger partial charge in [0, 0.05) is 16.9 Å². The van der Waals surface area contributed by atoms with E-state index in [2.05, 4.69) is 4.98 Å². The molecule has 0 aliphatic carbocycles. The molecule has 0 bridgehead atoms. The van der Waals surface area contributed by atoms with Gasteiger partial charge < -0.3 is 9.64 Å². The van der Waals surface area contributed by atoms with E-state index in [9.17, 15) is 4.79 Å². The van der Waals surface area contributed by atoms with Crippen LogP contribution in [0.25, 0.3) is 0 Å². The Kier molecular flexibility index (Phi) is 4.76. The van der Waals surface area contributed by atoms with Gasteiger partial charge in [0.05, 0.1) is 30.3 Å². The third-order valence-corrected chi connectivity index (χ3v) is 4.73. The highest BCUT2D eigenvalue weighted by Crippen LogP contribution is 2.24. The number of hydrogen-bond acceptors (Lipinski definition) is 4. The predicted molar refractivity (Wildman–Crippen MR) is 87.3 cm³/mol. The molecule has 0 spiro atoms. The number of morpholine rings is 1. The first-order chi connectivity index (χ1) is 10.6. The Bertz CT molecular complexity index is 656. The molecule has 0 radical (unpaired) electrons. The average Bonchev–Trinajstić information content (AvgIpc) is 2.93. The molecule has 3 rings (SSSR count). The van der Waals surface area contributed by atoms with Crippen molar-refractivity contribution in [3.8, 4) is 0 Å². The molecule has 0 unspecified atom stereocenters. The Morgan fingerprint density at radius 3 is 2.91 bits per heavy atom. The Morgan fingerprint density at radius 1 is 1.45 bits per heavy atom. The van der Waals surface area contributed by atoms with E-state index in [4.69, 9.17) is 16.3 Å². The lowest BCUT2D eigenvalue weighted by atomic mass is 10.1. The molecular weight excluding hydrogens is 320 g/mol. The zero-order valence-corrected chi connectivity index (χ0v) is 13.9. The molecule has 4 nitrogen and oxygen atoms in total. The first kappa shape index (κ1) is 15.5. The highest BCUT2D eigenvalue weighted by atomic mass is 35.5. The van der Waals surface area contributed by atoms with Crippen molar-refractivity contribution in [2.75, 3.05) is 19.7 Å². The number of aromatic nitrogens is 1. The first-order valence-electron chi connectivity index (χ1n) is 7.17. The van der Waals surface area contributed by atoms with Crippen LogP contribution in [-0.4, -0.2) is 35.5 Å². The zero-order chi connectivity index (χ0) is 15.5. The van der Waals surface area contributed by atoms with Crippen molar-refractivity contribution in [3.05, 3.63) is 50.9 Å². The van der Waals surface area contributed by atoms with E-state index in [1.165, 1.54) is 0 Å². The van der Waals surface area contributed by atoms with E-state index in [1.807, 2.05) is 41.5 Å². The molecule has 1 aromatic heterocycles. The molecule has 0 N–H and O–H groups in total. The van der Waals surface area contributed by atoms with Gasteiger partial charge in [-0.25, -0.2) is 4.98 Å². The molecule has 22 heavy (non-hydrogen) atoms. The number of nitrogens with zero attached hydrogens (tertiary/aromatic N) is 2. The second-order valence-corrected chi connectivity index (χ2v) is 6.78. The molecule has 1 aliphatic rings. The lowest BCUT2D eigenvalue weighted by molar-refractivity contribution is -0.138. The van der Waals surface area contributed by atoms with Crippen LogP contribution in [-0.2, 0) is 16.0 Å². The number of halogens is 1. The summed E-state index contributed by atoms with van der Waals surface area (Å²) >= 11 is 7.48. The minimum absolute atomic E-state index is 0.0906. The number of carbonyl (C=O) groups is 1. The molecule has 1 atom stereocenters. The molecule has 1 aromatic carbocycles. The van der Waals surface area contributed by atoms with Crippen LogP contribution < -0.4 is 0 Å². The number of thiazole rings is 1. The average molecular weight is 337 g/mol. The van der Waals surface area contributed by atoms with Crippen LogP contribution in [0, 0.1) is 6.92 Å². The normalized spacial score (nSPS) is 18.5. The monoisotopic (exact) mass is 336 g/mol. The van der Waals surface area contributed by atoms with E-state index >= 15 is 0 Å². The van der Waals surface area contributed by atoms with Crippen LogP contribution in [0.1, 0.15) is 22.4 Å². The quantitative estimate of drug-likeness (QED) is 0.864. The maximum atomic E-state index is 12.4. The van der Waals surface area contributed by atoms with Crippen molar-refractivity contribution in [2.24, 2.45) is 0 Å². The lowest BCUT2D eigenvalue weighted by Gasteiger charge is -2.33. The summed E-state index contributed by atoms with van der Waals surface area (Å²) in [5, 5.41) is 3.64. The van der Waals surface area contributed by atoms with E-state index < -0.39 is 0 Å². The number of benzene rings is 1. The van der Waals surface area contributed by atoms with Crippen molar-refractivity contribution >= 4 is 28.8 Å². The molecule has 1 saturated heterocycles. The van der Waals surface area contributed by atoms with Gasteiger partial charge in [0.2, 0.25) is 5.91 Å². The van der Waals surface area contributed by atoms with Gasteiger partial charge in [-0.15, -0.1) is 11.3 Å². The van der Waals surface area contributed by atoms with Crippen molar-refractivity contribution in [3.63, 3.8) is 0 Å². The van der Waals surface area contributed by atoms with E-state index in [0.29, 0.717) is 31.1 Å². The number of amides is 1. The molecule has 116 valence electrons. The summed E-state index contributed by atoms with van der Waals surface area (Å²) in [7, 11) is 0. The number of carbonyl (C=O) groups excluding carboxylic acids is 1. The maximum absolute atomic E-state index is 12.4. The number of ether oxygens (including phenoxy) is 1. The van der Waals surface area contributed by atoms with Gasteiger partial charge in [-0.2, -0.15) is 0 Å². The van der Waals surface area contributed by atoms with Gasteiger partial charge in [0.1, 0.15) is 6.10 Å². The summed E-state index contributed by atoms with van der Waals surface area (Å²) in [6, 6.07) is 7.59. The second-order valence-electron chi connectivity index (χ2n) is 5.29. The van der Waals surface area contributed by atoms with Crippen molar-refractivity contribution in [1.82, 2.24) is 9.88 Å². The van der Waals surface area contributed by atoms with Gasteiger partial charge >= 0.3 is 0 Å². The lowest BCUT2D eigenvalue weighted by Crippen LogP contribution is -2.43. The number of rotatable bonds is 3. The summed E-state index contributed by atoms with van der Waals surface area (Å²) in [6.45, 7) is 3.70. The fourth-order valence-corrected chi connectivity index (χ4v) is 3.25. The van der Waals surface area contributed by atoms with Crippen LogP contribution in [0.3, 0.4) is 0 Å². The fourth-order valence-electron chi connectivity index (χ4n) is 2.51. The van der Waals surface area contributed by atoms with Crippen LogP contribution in [0.5, 0.6) is 0 Å². The van der Waals surface area contributed by atoms with Gasteiger partial charge in [0.25, 0.3) is 0 Å². The number of aryl methyl sites for hydroxylation is 1. The topological polar surface area (TPSA) is 42.4 Å². The van der Waals surface area contributed by atoms with Crippen molar-refractivity contribution < 1.29 is 9.53 Å². The molecule has 1 aliphatic heterocycles. The standard InChI is InChI=1S/C16H17ClN2O2S/c1-11-18-14(10-22-11)8-16(20)19-6-7-21-15(9-19)12-2-4-13(17)5-3-12/h2-5,10,15H,6-9H2,1H3/t15-/m0/s1. The largest absolute Gasteiger partial charge is 0.370 e. The third-order valence-electron chi connectivity index (χ3n) is 3.66. The summed E-state index contributed by atoms with van der Waals surface area (Å²) in [4.78, 5) is 18.6. The summed E-state index contributed by atoms with van der Waals surface area (Å²) < 4.78 is 5.79. The van der Waals surface area contributed by atoms with E-state index in [1.54, 1.807) is 11.3 Å². The molecule has 0 saturated carbocycles. The summed E-state index contributed by atoms with van der Waals surface area (Å²) in [5.74, 6) is 0.104. The van der Waals surface area contributed by atoms with Crippen LogP contribution in [0.4, 0.5) is 0 Å². The fraction of sp³-hybridized carbons (Fsp3) is 0.375. The summed E-state index contributed by atoms with van der Waals surface area (Å²) in [6.07, 6.45) is 0.268. The smallest absolute Gasteiger partial charge is 0.228 e. The van der Waals surface area contributed by atoms with Crippen LogP contribution in [0.2, 0.25) is 5.02 Å². The number of hydrogen-bond donors (Lipinski definition) is 0. The molecular formula is C16H17ClN2O2S. The van der Waals surface area contributed by atoms with E-state index in [-0.39, 0.29) is 12.0 Å². The highest BCUT2D eigenvalue weighted by Gasteiger charge is 2.25. The molecule has 1 fully saturated rings. The molecule has 1 amide bonds.